The molecule has 106 valence electrons. The van der Waals surface area contributed by atoms with Crippen LogP contribution in [0.3, 0.4) is 0 Å². The number of nitrogens with one attached hydrogen (secondary N) is 1. The Kier molecular flexibility index (Phi) is 4.93. The zero-order valence-electron chi connectivity index (χ0n) is 11.9. The van der Waals surface area contributed by atoms with Crippen molar-refractivity contribution in [3.05, 3.63) is 58.3 Å². The summed E-state index contributed by atoms with van der Waals surface area (Å²) in [5.41, 5.74) is 6.90. The molecule has 1 aromatic carbocycles. The summed E-state index contributed by atoms with van der Waals surface area (Å²) < 4.78 is 0. The van der Waals surface area contributed by atoms with Crippen LogP contribution < -0.4 is 5.73 Å². The summed E-state index contributed by atoms with van der Waals surface area (Å²) in [5, 5.41) is 9.95. The lowest BCUT2D eigenvalue weighted by Crippen LogP contribution is -2.33. The highest BCUT2D eigenvalue weighted by Crippen LogP contribution is 2.26. The minimum absolute atomic E-state index is 0.0522. The predicted molar refractivity (Wildman–Crippen MR) is 86.5 cm³/mol. The number of rotatable bonds is 6. The fraction of sp³-hybridized carbons (Fsp3) is 0.312. The van der Waals surface area contributed by atoms with Crippen LogP contribution in [0.5, 0.6) is 0 Å². The largest absolute Gasteiger partial charge is 0.387 e. The van der Waals surface area contributed by atoms with Crippen molar-refractivity contribution in [1.29, 1.82) is 5.41 Å². The summed E-state index contributed by atoms with van der Waals surface area (Å²) in [6.45, 7) is 2.94. The lowest BCUT2D eigenvalue weighted by Gasteiger charge is -2.28. The molecule has 0 bridgehead atoms. The number of amidine groups is 1. The van der Waals surface area contributed by atoms with E-state index in [4.69, 9.17) is 11.1 Å². The van der Waals surface area contributed by atoms with Crippen LogP contribution in [0.1, 0.15) is 29.3 Å². The first-order valence-electron chi connectivity index (χ1n) is 6.72. The second-order valence-corrected chi connectivity index (χ2v) is 6.03. The number of hydrogen-bond donors (Lipinski definition) is 2. The molecule has 0 amide bonds. The van der Waals surface area contributed by atoms with Gasteiger partial charge in [-0.2, -0.15) is 0 Å². The third kappa shape index (κ3) is 3.46. The second kappa shape index (κ2) is 6.68. The summed E-state index contributed by atoms with van der Waals surface area (Å²) in [7, 11) is 2.09. The van der Waals surface area contributed by atoms with Gasteiger partial charge in [0.2, 0.25) is 0 Å². The molecule has 20 heavy (non-hydrogen) atoms. The highest BCUT2D eigenvalue weighted by molar-refractivity contribution is 7.10. The van der Waals surface area contributed by atoms with Crippen LogP contribution in [0.2, 0.25) is 0 Å². The Morgan fingerprint density at radius 2 is 1.95 bits per heavy atom. The SMILES string of the molecule is CC(c1cccs1)N(C)CC(C(=N)N)c1ccccc1. The van der Waals surface area contributed by atoms with Gasteiger partial charge in [0, 0.05) is 17.5 Å². The maximum atomic E-state index is 7.85. The predicted octanol–water partition coefficient (Wildman–Crippen LogP) is 3.46. The van der Waals surface area contributed by atoms with Gasteiger partial charge in [0.1, 0.15) is 0 Å². The number of thiophene rings is 1. The molecule has 2 unspecified atom stereocenters. The summed E-state index contributed by atoms with van der Waals surface area (Å²) in [4.78, 5) is 3.59. The first-order valence-corrected chi connectivity index (χ1v) is 7.60. The van der Waals surface area contributed by atoms with Crippen LogP contribution in [-0.4, -0.2) is 24.3 Å². The maximum Gasteiger partial charge on any atom is 0.0995 e. The van der Waals surface area contributed by atoms with E-state index in [-0.39, 0.29) is 11.8 Å². The number of hydrogen-bond acceptors (Lipinski definition) is 3. The van der Waals surface area contributed by atoms with Gasteiger partial charge >= 0.3 is 0 Å². The molecule has 0 aliphatic heterocycles. The molecule has 2 atom stereocenters. The van der Waals surface area contributed by atoms with Crippen LogP contribution in [0.15, 0.2) is 47.8 Å². The molecule has 4 heteroatoms. The van der Waals surface area contributed by atoms with Gasteiger partial charge in [-0.05, 0) is 31.0 Å². The Bertz CT molecular complexity index is 536. The molecule has 3 nitrogen and oxygen atoms in total. The molecule has 2 aromatic rings. The minimum atomic E-state index is -0.0522. The normalized spacial score (nSPS) is 14.2. The maximum absolute atomic E-state index is 7.85. The van der Waals surface area contributed by atoms with Gasteiger partial charge in [0.05, 0.1) is 11.8 Å². The number of nitrogens with zero attached hydrogens (tertiary/aromatic N) is 1. The van der Waals surface area contributed by atoms with E-state index in [0.29, 0.717) is 6.04 Å². The molecule has 0 saturated carbocycles. The van der Waals surface area contributed by atoms with Gasteiger partial charge in [-0.15, -0.1) is 11.3 Å². The molecule has 1 heterocycles. The molecule has 2 rings (SSSR count). The van der Waals surface area contributed by atoms with Crippen molar-refractivity contribution < 1.29 is 0 Å². The minimum Gasteiger partial charge on any atom is -0.387 e. The Morgan fingerprint density at radius 3 is 2.50 bits per heavy atom. The van der Waals surface area contributed by atoms with Crippen LogP contribution in [-0.2, 0) is 0 Å². The first-order chi connectivity index (χ1) is 9.59. The molecule has 1 aromatic heterocycles. The quantitative estimate of drug-likeness (QED) is 0.631. The van der Waals surface area contributed by atoms with Crippen molar-refractivity contribution in [2.45, 2.75) is 18.9 Å². The lowest BCUT2D eigenvalue weighted by molar-refractivity contribution is 0.262. The van der Waals surface area contributed by atoms with E-state index in [1.54, 1.807) is 11.3 Å². The summed E-state index contributed by atoms with van der Waals surface area (Å²) in [6, 6.07) is 14.6. The van der Waals surface area contributed by atoms with Gasteiger partial charge in [0.25, 0.3) is 0 Å². The Balaban J connectivity index is 2.11. The van der Waals surface area contributed by atoms with Gasteiger partial charge in [-0.3, -0.25) is 10.3 Å². The molecular formula is C16H21N3S. The van der Waals surface area contributed by atoms with Crippen molar-refractivity contribution in [3.63, 3.8) is 0 Å². The lowest BCUT2D eigenvalue weighted by atomic mass is 9.97. The highest BCUT2D eigenvalue weighted by atomic mass is 32.1. The number of nitrogens with two attached hydrogens (primary N) is 1. The van der Waals surface area contributed by atoms with E-state index in [0.717, 1.165) is 12.1 Å². The summed E-state index contributed by atoms with van der Waals surface area (Å²) in [6.07, 6.45) is 0. The van der Waals surface area contributed by atoms with E-state index < -0.39 is 0 Å². The molecule has 0 spiro atoms. The molecule has 0 aliphatic carbocycles. The zero-order chi connectivity index (χ0) is 14.5. The average Bonchev–Trinajstić information content (AvgIpc) is 2.98. The van der Waals surface area contributed by atoms with Crippen molar-refractivity contribution in [1.82, 2.24) is 4.90 Å². The molecule has 0 saturated heterocycles. The van der Waals surface area contributed by atoms with E-state index in [1.807, 2.05) is 30.3 Å². The van der Waals surface area contributed by atoms with Gasteiger partial charge in [-0.25, -0.2) is 0 Å². The topological polar surface area (TPSA) is 53.1 Å². The monoisotopic (exact) mass is 287 g/mol. The summed E-state index contributed by atoms with van der Waals surface area (Å²) >= 11 is 1.76. The van der Waals surface area contributed by atoms with E-state index in [2.05, 4.69) is 36.4 Å². The smallest absolute Gasteiger partial charge is 0.0995 e. The third-order valence-corrected chi connectivity index (χ3v) is 4.71. The Labute approximate surface area is 124 Å². The van der Waals surface area contributed by atoms with E-state index >= 15 is 0 Å². The molecule has 3 N–H and O–H groups in total. The van der Waals surface area contributed by atoms with Crippen molar-refractivity contribution in [3.8, 4) is 0 Å². The Morgan fingerprint density at radius 1 is 1.25 bits per heavy atom. The van der Waals surface area contributed by atoms with Crippen LogP contribution in [0.25, 0.3) is 0 Å². The van der Waals surface area contributed by atoms with E-state index in [1.165, 1.54) is 4.88 Å². The highest BCUT2D eigenvalue weighted by Gasteiger charge is 2.20. The van der Waals surface area contributed by atoms with E-state index in [9.17, 15) is 0 Å². The van der Waals surface area contributed by atoms with Crippen molar-refractivity contribution in [2.24, 2.45) is 5.73 Å². The molecule has 0 aliphatic rings. The van der Waals surface area contributed by atoms with Crippen molar-refractivity contribution in [2.75, 3.05) is 13.6 Å². The van der Waals surface area contributed by atoms with Crippen LogP contribution in [0.4, 0.5) is 0 Å². The third-order valence-electron chi connectivity index (χ3n) is 3.66. The average molecular weight is 287 g/mol. The summed E-state index contributed by atoms with van der Waals surface area (Å²) in [5.74, 6) is 0.171. The molecule has 0 radical (unpaired) electrons. The second-order valence-electron chi connectivity index (χ2n) is 5.05. The fourth-order valence-corrected chi connectivity index (χ4v) is 3.11. The van der Waals surface area contributed by atoms with Crippen molar-refractivity contribution >= 4 is 17.2 Å². The van der Waals surface area contributed by atoms with Gasteiger partial charge in [0.15, 0.2) is 0 Å². The first kappa shape index (κ1) is 14.8. The van der Waals surface area contributed by atoms with Gasteiger partial charge < -0.3 is 5.73 Å². The molecule has 0 fully saturated rings. The standard InChI is InChI=1S/C16H21N3S/c1-12(15-9-6-10-20-15)19(2)11-14(16(17)18)13-7-4-3-5-8-13/h3-10,12,14H,11H2,1-2H3,(H3,17,18). The zero-order valence-corrected chi connectivity index (χ0v) is 12.7. The van der Waals surface area contributed by atoms with Crippen LogP contribution in [0, 0.1) is 5.41 Å². The Hall–Kier alpha value is -1.65. The number of benzene rings is 1. The van der Waals surface area contributed by atoms with Crippen LogP contribution >= 0.6 is 11.3 Å². The molecular weight excluding hydrogens is 266 g/mol. The fourth-order valence-electron chi connectivity index (χ4n) is 2.26. The van der Waals surface area contributed by atoms with Gasteiger partial charge in [-0.1, -0.05) is 36.4 Å². The number of likely N-dealkylation sites (N-methyl/N-ethyl adjacent to an activating group) is 1.